The molecule has 0 heterocycles. The lowest BCUT2D eigenvalue weighted by Gasteiger charge is -1.91. The van der Waals surface area contributed by atoms with Crippen LogP contribution in [-0.4, -0.2) is 0 Å². The maximum atomic E-state index is 12.5. The quantitative estimate of drug-likeness (QED) is 0.566. The molecule has 0 unspecified atom stereocenters. The fourth-order valence-corrected chi connectivity index (χ4v) is 0.920. The first-order valence-corrected chi connectivity index (χ1v) is 3.36. The first-order chi connectivity index (χ1) is 4.74. The van der Waals surface area contributed by atoms with Crippen LogP contribution in [0.25, 0.3) is 4.85 Å². The van der Waals surface area contributed by atoms with Gasteiger partial charge in [0.2, 0.25) is 5.69 Å². The van der Waals surface area contributed by atoms with Gasteiger partial charge >= 0.3 is 0 Å². The van der Waals surface area contributed by atoms with Crippen molar-refractivity contribution < 1.29 is 4.39 Å². The molecule has 0 atom stereocenters. The summed E-state index contributed by atoms with van der Waals surface area (Å²) in [5, 5.41) is 0. The summed E-state index contributed by atoms with van der Waals surface area (Å²) in [6.07, 6.45) is 0. The van der Waals surface area contributed by atoms with E-state index in [9.17, 15) is 4.39 Å². The Kier molecular flexibility index (Phi) is 2.03. The highest BCUT2D eigenvalue weighted by Gasteiger charge is 1.99. The zero-order chi connectivity index (χ0) is 7.56. The third-order valence-corrected chi connectivity index (χ3v) is 1.52. The highest BCUT2D eigenvalue weighted by atomic mass is 79.9. The van der Waals surface area contributed by atoms with Gasteiger partial charge in [0.15, 0.2) is 0 Å². The Hall–Kier alpha value is -0.880. The van der Waals surface area contributed by atoms with Gasteiger partial charge in [-0.05, 0) is 18.2 Å². The van der Waals surface area contributed by atoms with E-state index >= 15 is 0 Å². The van der Waals surface area contributed by atoms with Crippen molar-refractivity contribution >= 4 is 21.6 Å². The van der Waals surface area contributed by atoms with E-state index in [-0.39, 0.29) is 5.69 Å². The Morgan fingerprint density at radius 3 is 2.70 bits per heavy atom. The van der Waals surface area contributed by atoms with Crippen LogP contribution in [0.5, 0.6) is 0 Å². The minimum absolute atomic E-state index is 0.0503. The summed E-state index contributed by atoms with van der Waals surface area (Å²) in [7, 11) is 0. The summed E-state index contributed by atoms with van der Waals surface area (Å²) in [6.45, 7) is 6.55. The van der Waals surface area contributed by atoms with Crippen LogP contribution in [0.2, 0.25) is 0 Å². The minimum atomic E-state index is -0.474. The number of nitrogens with zero attached hydrogens (tertiary/aromatic N) is 1. The highest BCUT2D eigenvalue weighted by Crippen LogP contribution is 2.21. The Morgan fingerprint density at radius 2 is 2.20 bits per heavy atom. The largest absolute Gasteiger partial charge is 0.235 e. The fraction of sp³-hybridized carbons (Fsp3) is 0. The fourth-order valence-electron chi connectivity index (χ4n) is 0.571. The van der Waals surface area contributed by atoms with Crippen LogP contribution in [0, 0.1) is 12.4 Å². The molecule has 0 saturated heterocycles. The zero-order valence-corrected chi connectivity index (χ0v) is 6.52. The third-order valence-electron chi connectivity index (χ3n) is 1.03. The molecule has 0 aliphatic heterocycles. The standard InChI is InChI=1S/C7H3BrFN/c1-10-7-4-5(8)2-3-6(7)9/h2-4H. The smallest absolute Gasteiger partial charge is 0.223 e. The van der Waals surface area contributed by atoms with E-state index in [0.717, 1.165) is 4.47 Å². The highest BCUT2D eigenvalue weighted by molar-refractivity contribution is 9.10. The van der Waals surface area contributed by atoms with Crippen LogP contribution in [0.4, 0.5) is 10.1 Å². The Bertz CT molecular complexity index is 290. The van der Waals surface area contributed by atoms with Crippen molar-refractivity contribution in [3.05, 3.63) is 39.9 Å². The molecule has 0 aliphatic rings. The van der Waals surface area contributed by atoms with Gasteiger partial charge in [-0.15, -0.1) is 0 Å². The van der Waals surface area contributed by atoms with Crippen molar-refractivity contribution in [3.63, 3.8) is 0 Å². The Morgan fingerprint density at radius 1 is 1.50 bits per heavy atom. The van der Waals surface area contributed by atoms with Gasteiger partial charge in [-0.2, -0.15) is 0 Å². The van der Waals surface area contributed by atoms with Gasteiger partial charge in [0.1, 0.15) is 5.82 Å². The zero-order valence-electron chi connectivity index (χ0n) is 4.94. The number of halogens is 2. The molecule has 0 radical (unpaired) electrons. The molecule has 0 N–H and O–H groups in total. The molecule has 0 fully saturated rings. The summed E-state index contributed by atoms with van der Waals surface area (Å²) in [5.41, 5.74) is 0.0503. The average Bonchev–Trinajstić information content (AvgIpc) is 1.94. The number of benzene rings is 1. The van der Waals surface area contributed by atoms with Crippen LogP contribution in [-0.2, 0) is 0 Å². The lowest BCUT2D eigenvalue weighted by atomic mass is 10.3. The molecule has 3 heteroatoms. The van der Waals surface area contributed by atoms with Crippen molar-refractivity contribution in [1.82, 2.24) is 0 Å². The molecule has 0 saturated carbocycles. The first kappa shape index (κ1) is 7.23. The van der Waals surface area contributed by atoms with Gasteiger partial charge in [-0.25, -0.2) is 9.24 Å². The van der Waals surface area contributed by atoms with Gasteiger partial charge in [-0.1, -0.05) is 15.9 Å². The van der Waals surface area contributed by atoms with Crippen molar-refractivity contribution in [3.8, 4) is 0 Å². The number of hydrogen-bond acceptors (Lipinski definition) is 0. The summed E-state index contributed by atoms with van der Waals surface area (Å²) in [6, 6.07) is 4.27. The topological polar surface area (TPSA) is 4.36 Å². The van der Waals surface area contributed by atoms with Gasteiger partial charge in [0, 0.05) is 4.47 Å². The normalized spacial score (nSPS) is 8.90. The van der Waals surface area contributed by atoms with E-state index in [1.807, 2.05) is 0 Å². The average molecular weight is 200 g/mol. The molecule has 0 bridgehead atoms. The van der Waals surface area contributed by atoms with E-state index in [1.165, 1.54) is 12.1 Å². The van der Waals surface area contributed by atoms with Crippen molar-refractivity contribution in [2.75, 3.05) is 0 Å². The SMILES string of the molecule is [C-]#[N+]c1cc(Br)ccc1F. The molecule has 10 heavy (non-hydrogen) atoms. The Labute approximate surface area is 66.4 Å². The van der Waals surface area contributed by atoms with E-state index < -0.39 is 5.82 Å². The van der Waals surface area contributed by atoms with Crippen molar-refractivity contribution in [2.45, 2.75) is 0 Å². The third kappa shape index (κ3) is 1.34. The molecule has 1 rings (SSSR count). The van der Waals surface area contributed by atoms with E-state index in [1.54, 1.807) is 6.07 Å². The first-order valence-electron chi connectivity index (χ1n) is 2.56. The second-order valence-corrected chi connectivity index (χ2v) is 2.62. The van der Waals surface area contributed by atoms with Gasteiger partial charge in [0.25, 0.3) is 0 Å². The summed E-state index contributed by atoms with van der Waals surface area (Å²) in [4.78, 5) is 2.98. The van der Waals surface area contributed by atoms with Crippen LogP contribution >= 0.6 is 15.9 Å². The molecule has 0 aliphatic carbocycles. The van der Waals surface area contributed by atoms with Crippen LogP contribution < -0.4 is 0 Å². The minimum Gasteiger partial charge on any atom is -0.235 e. The van der Waals surface area contributed by atoms with Gasteiger partial charge in [-0.3, -0.25) is 0 Å². The summed E-state index contributed by atoms with van der Waals surface area (Å²) < 4.78 is 13.3. The van der Waals surface area contributed by atoms with Gasteiger partial charge in [0.05, 0.1) is 6.57 Å². The maximum Gasteiger partial charge on any atom is 0.223 e. The molecule has 0 spiro atoms. The monoisotopic (exact) mass is 199 g/mol. The molecule has 50 valence electrons. The number of rotatable bonds is 0. The van der Waals surface area contributed by atoms with E-state index in [0.29, 0.717) is 0 Å². The molecule has 1 aromatic rings. The molecule has 1 aromatic carbocycles. The second kappa shape index (κ2) is 2.80. The van der Waals surface area contributed by atoms with Crippen LogP contribution in [0.15, 0.2) is 22.7 Å². The summed E-state index contributed by atoms with van der Waals surface area (Å²) in [5.74, 6) is -0.474. The molecule has 0 aromatic heterocycles. The second-order valence-electron chi connectivity index (χ2n) is 1.71. The predicted molar refractivity (Wildman–Crippen MR) is 40.4 cm³/mol. The molecular weight excluding hydrogens is 197 g/mol. The lowest BCUT2D eigenvalue weighted by Crippen LogP contribution is -1.71. The van der Waals surface area contributed by atoms with E-state index in [2.05, 4.69) is 20.8 Å². The summed E-state index contributed by atoms with van der Waals surface area (Å²) >= 11 is 3.13. The molecular formula is C7H3BrFN. The van der Waals surface area contributed by atoms with Crippen molar-refractivity contribution in [2.24, 2.45) is 0 Å². The van der Waals surface area contributed by atoms with Crippen molar-refractivity contribution in [1.29, 1.82) is 0 Å². The Balaban J connectivity index is 3.25. The van der Waals surface area contributed by atoms with E-state index in [4.69, 9.17) is 6.57 Å². The number of hydrogen-bond donors (Lipinski definition) is 0. The molecule has 0 amide bonds. The maximum absolute atomic E-state index is 12.5. The van der Waals surface area contributed by atoms with Crippen LogP contribution in [0.3, 0.4) is 0 Å². The van der Waals surface area contributed by atoms with Crippen LogP contribution in [0.1, 0.15) is 0 Å². The molecule has 1 nitrogen and oxygen atoms in total. The van der Waals surface area contributed by atoms with Gasteiger partial charge < -0.3 is 0 Å². The predicted octanol–water partition coefficient (Wildman–Crippen LogP) is 3.14. The lowest BCUT2D eigenvalue weighted by molar-refractivity contribution is 0.633.